The zero-order valence-corrected chi connectivity index (χ0v) is 10.0. The molecule has 8 nitrogen and oxygen atoms in total. The van der Waals surface area contributed by atoms with Crippen molar-refractivity contribution >= 4 is 17.5 Å². The Morgan fingerprint density at radius 3 is 3.00 bits per heavy atom. The monoisotopic (exact) mass is 267 g/mol. The molecule has 0 aromatic carbocycles. The number of nitrogens with one attached hydrogen (secondary N) is 1. The smallest absolute Gasteiger partial charge is 0.337 e. The number of pyridine rings is 1. The van der Waals surface area contributed by atoms with Gasteiger partial charge in [-0.15, -0.1) is 0 Å². The maximum absolute atomic E-state index is 10.9. The van der Waals surface area contributed by atoms with Crippen LogP contribution in [0.2, 0.25) is 0 Å². The first-order chi connectivity index (χ1) is 9.08. The number of ether oxygens (including phenoxy) is 1. The predicted molar refractivity (Wildman–Crippen MR) is 65.3 cm³/mol. The van der Waals surface area contributed by atoms with Crippen LogP contribution in [0.3, 0.4) is 0 Å². The Kier molecular flexibility index (Phi) is 3.91. The van der Waals surface area contributed by atoms with Gasteiger partial charge < -0.3 is 15.2 Å². The molecule has 1 aliphatic heterocycles. The molecule has 1 unspecified atom stereocenters. The number of carboxylic acid groups (broad SMARTS) is 1. The predicted octanol–water partition coefficient (Wildman–Crippen LogP) is 1.28. The Balaban J connectivity index is 2.23. The molecule has 0 aliphatic carbocycles. The Labute approximate surface area is 108 Å². The van der Waals surface area contributed by atoms with Crippen LogP contribution in [0.15, 0.2) is 12.3 Å². The number of carbonyl (C=O) groups is 1. The number of aromatic carboxylic acids is 1. The molecule has 1 aliphatic rings. The first kappa shape index (κ1) is 13.2. The van der Waals surface area contributed by atoms with E-state index in [0.717, 1.165) is 25.1 Å². The molecule has 2 N–H and O–H groups in total. The Morgan fingerprint density at radius 2 is 2.42 bits per heavy atom. The quantitative estimate of drug-likeness (QED) is 0.623. The van der Waals surface area contributed by atoms with Gasteiger partial charge in [-0.25, -0.2) is 9.78 Å². The first-order valence-electron chi connectivity index (χ1n) is 5.80. The number of hydrogen-bond donors (Lipinski definition) is 2. The molecule has 0 saturated carbocycles. The summed E-state index contributed by atoms with van der Waals surface area (Å²) < 4.78 is 5.26. The van der Waals surface area contributed by atoms with Gasteiger partial charge in [0.2, 0.25) is 5.82 Å². The van der Waals surface area contributed by atoms with Crippen LogP contribution in [-0.4, -0.2) is 40.2 Å². The van der Waals surface area contributed by atoms with Crippen molar-refractivity contribution in [1.82, 2.24) is 4.98 Å². The summed E-state index contributed by atoms with van der Waals surface area (Å²) in [4.78, 5) is 24.9. The van der Waals surface area contributed by atoms with Gasteiger partial charge in [0, 0.05) is 18.9 Å². The normalized spacial score (nSPS) is 18.8. The third-order valence-corrected chi connectivity index (χ3v) is 2.81. The van der Waals surface area contributed by atoms with E-state index < -0.39 is 10.9 Å². The van der Waals surface area contributed by atoms with E-state index in [9.17, 15) is 14.9 Å². The summed E-state index contributed by atoms with van der Waals surface area (Å²) >= 11 is 0. The second-order valence-corrected chi connectivity index (χ2v) is 4.21. The van der Waals surface area contributed by atoms with E-state index in [2.05, 4.69) is 10.3 Å². The topological polar surface area (TPSA) is 115 Å². The fourth-order valence-corrected chi connectivity index (χ4v) is 1.87. The van der Waals surface area contributed by atoms with E-state index in [-0.39, 0.29) is 23.1 Å². The Morgan fingerprint density at radius 1 is 1.63 bits per heavy atom. The fraction of sp³-hybridized carbons (Fsp3) is 0.455. The van der Waals surface area contributed by atoms with E-state index in [0.29, 0.717) is 13.2 Å². The van der Waals surface area contributed by atoms with Crippen LogP contribution in [-0.2, 0) is 4.74 Å². The van der Waals surface area contributed by atoms with Crippen molar-refractivity contribution in [3.63, 3.8) is 0 Å². The standard InChI is InChI=1S/C11H13N3O5/c15-11(16)7-4-9(14(17)18)10(12-5-7)13-8-2-1-3-19-6-8/h4-5,8H,1-3,6H2,(H,12,13)(H,15,16). The van der Waals surface area contributed by atoms with Gasteiger partial charge in [0.15, 0.2) is 0 Å². The van der Waals surface area contributed by atoms with Crippen molar-refractivity contribution in [2.24, 2.45) is 0 Å². The van der Waals surface area contributed by atoms with E-state index in [1.807, 2.05) is 0 Å². The molecule has 0 spiro atoms. The molecular formula is C11H13N3O5. The molecule has 1 fully saturated rings. The lowest BCUT2D eigenvalue weighted by Gasteiger charge is -2.23. The zero-order valence-electron chi connectivity index (χ0n) is 10.0. The molecule has 0 amide bonds. The second kappa shape index (κ2) is 5.61. The van der Waals surface area contributed by atoms with Gasteiger partial charge in [-0.2, -0.15) is 0 Å². The molecule has 1 saturated heterocycles. The summed E-state index contributed by atoms with van der Waals surface area (Å²) in [7, 11) is 0. The van der Waals surface area contributed by atoms with Crippen LogP contribution in [0.25, 0.3) is 0 Å². The lowest BCUT2D eigenvalue weighted by molar-refractivity contribution is -0.384. The SMILES string of the molecule is O=C(O)c1cnc(NC2CCCOC2)c([N+](=O)[O-])c1. The van der Waals surface area contributed by atoms with Gasteiger partial charge in [-0.05, 0) is 12.8 Å². The lowest BCUT2D eigenvalue weighted by Crippen LogP contribution is -2.30. The van der Waals surface area contributed by atoms with Gasteiger partial charge in [0.25, 0.3) is 0 Å². The van der Waals surface area contributed by atoms with E-state index in [1.165, 1.54) is 0 Å². The van der Waals surface area contributed by atoms with Crippen LogP contribution < -0.4 is 5.32 Å². The minimum Gasteiger partial charge on any atom is -0.478 e. The maximum atomic E-state index is 10.9. The number of aromatic nitrogens is 1. The zero-order chi connectivity index (χ0) is 13.8. The summed E-state index contributed by atoms with van der Waals surface area (Å²) in [5.74, 6) is -1.17. The Bertz CT molecular complexity index is 499. The molecule has 1 aromatic heterocycles. The highest BCUT2D eigenvalue weighted by Crippen LogP contribution is 2.24. The largest absolute Gasteiger partial charge is 0.478 e. The lowest BCUT2D eigenvalue weighted by atomic mass is 10.1. The highest BCUT2D eigenvalue weighted by atomic mass is 16.6. The number of nitrogens with zero attached hydrogens (tertiary/aromatic N) is 2. The van der Waals surface area contributed by atoms with Crippen molar-refractivity contribution in [3.8, 4) is 0 Å². The highest BCUT2D eigenvalue weighted by molar-refractivity contribution is 5.88. The average molecular weight is 267 g/mol. The van der Waals surface area contributed by atoms with Crippen LogP contribution in [0.1, 0.15) is 23.2 Å². The molecular weight excluding hydrogens is 254 g/mol. The van der Waals surface area contributed by atoms with Crippen molar-refractivity contribution in [1.29, 1.82) is 0 Å². The highest BCUT2D eigenvalue weighted by Gasteiger charge is 2.22. The average Bonchev–Trinajstić information content (AvgIpc) is 2.39. The summed E-state index contributed by atoms with van der Waals surface area (Å²) in [5.41, 5.74) is -0.553. The van der Waals surface area contributed by atoms with Crippen LogP contribution >= 0.6 is 0 Å². The molecule has 19 heavy (non-hydrogen) atoms. The van der Waals surface area contributed by atoms with Crippen molar-refractivity contribution < 1.29 is 19.6 Å². The number of carboxylic acids is 1. The summed E-state index contributed by atoms with van der Waals surface area (Å²) in [6.45, 7) is 1.14. The van der Waals surface area contributed by atoms with Crippen molar-refractivity contribution in [2.75, 3.05) is 18.5 Å². The van der Waals surface area contributed by atoms with Crippen LogP contribution in [0.5, 0.6) is 0 Å². The number of nitro groups is 1. The molecule has 1 aromatic rings. The summed E-state index contributed by atoms with van der Waals surface area (Å²) in [6, 6.07) is 0.956. The van der Waals surface area contributed by atoms with Crippen LogP contribution in [0.4, 0.5) is 11.5 Å². The van der Waals surface area contributed by atoms with Crippen molar-refractivity contribution in [3.05, 3.63) is 27.9 Å². The van der Waals surface area contributed by atoms with E-state index >= 15 is 0 Å². The van der Waals surface area contributed by atoms with E-state index in [1.54, 1.807) is 0 Å². The van der Waals surface area contributed by atoms with Gasteiger partial charge in [0.1, 0.15) is 0 Å². The molecule has 2 heterocycles. The molecule has 102 valence electrons. The molecule has 8 heteroatoms. The maximum Gasteiger partial charge on any atom is 0.337 e. The van der Waals surface area contributed by atoms with Gasteiger partial charge in [-0.1, -0.05) is 0 Å². The van der Waals surface area contributed by atoms with E-state index in [4.69, 9.17) is 9.84 Å². The van der Waals surface area contributed by atoms with Gasteiger partial charge in [-0.3, -0.25) is 10.1 Å². The Hall–Kier alpha value is -2.22. The van der Waals surface area contributed by atoms with Crippen molar-refractivity contribution in [2.45, 2.75) is 18.9 Å². The molecule has 0 bridgehead atoms. The minimum atomic E-state index is -1.25. The third-order valence-electron chi connectivity index (χ3n) is 2.81. The third kappa shape index (κ3) is 3.16. The number of anilines is 1. The van der Waals surface area contributed by atoms with Gasteiger partial charge in [0.05, 0.1) is 23.1 Å². The van der Waals surface area contributed by atoms with Crippen LogP contribution in [0, 0.1) is 10.1 Å². The second-order valence-electron chi connectivity index (χ2n) is 4.21. The fourth-order valence-electron chi connectivity index (χ4n) is 1.87. The number of hydrogen-bond acceptors (Lipinski definition) is 6. The molecule has 1 atom stereocenters. The summed E-state index contributed by atoms with van der Waals surface area (Å²) in [6.07, 6.45) is 2.81. The van der Waals surface area contributed by atoms with Gasteiger partial charge >= 0.3 is 11.7 Å². The minimum absolute atomic E-state index is 0.0457. The first-order valence-corrected chi connectivity index (χ1v) is 5.80. The number of rotatable bonds is 4. The molecule has 2 rings (SSSR count). The molecule has 0 radical (unpaired) electrons. The summed E-state index contributed by atoms with van der Waals surface area (Å²) in [5, 5.41) is 22.7.